The molecule has 0 spiro atoms. The summed E-state index contributed by atoms with van der Waals surface area (Å²) >= 11 is 6.21. The third-order valence-electron chi connectivity index (χ3n) is 5.37. The van der Waals surface area contributed by atoms with Crippen LogP contribution >= 0.6 is 11.6 Å². The van der Waals surface area contributed by atoms with Crippen molar-refractivity contribution >= 4 is 23.3 Å². The SMILES string of the molecule is O=C(Nc1ccn(Cc2ccccc2Cl)n1)c1ccn(COc2ccc(-c3ccccc3)cc2)n1. The number of carbonyl (C=O) groups is 1. The predicted octanol–water partition coefficient (Wildman–Crippen LogP) is 5.74. The molecule has 0 bridgehead atoms. The Kier molecular flexibility index (Phi) is 6.59. The van der Waals surface area contributed by atoms with Gasteiger partial charge in [-0.1, -0.05) is 72.3 Å². The molecule has 2 aromatic heterocycles. The van der Waals surface area contributed by atoms with E-state index in [2.05, 4.69) is 27.6 Å². The van der Waals surface area contributed by atoms with Gasteiger partial charge < -0.3 is 10.1 Å². The van der Waals surface area contributed by atoms with Gasteiger partial charge in [0.15, 0.2) is 18.2 Å². The molecule has 174 valence electrons. The Morgan fingerprint density at radius 1 is 0.800 bits per heavy atom. The standard InChI is InChI=1S/C27H22ClN5O2/c28-24-9-5-4-8-22(24)18-32-17-15-26(31-32)29-27(34)25-14-16-33(30-25)19-35-23-12-10-21(11-13-23)20-6-2-1-3-7-20/h1-17H,18-19H2,(H,29,31,34). The summed E-state index contributed by atoms with van der Waals surface area (Å²) in [6.07, 6.45) is 3.48. The van der Waals surface area contributed by atoms with E-state index in [1.165, 1.54) is 0 Å². The lowest BCUT2D eigenvalue weighted by Crippen LogP contribution is -2.15. The number of halogens is 1. The highest BCUT2D eigenvalue weighted by Gasteiger charge is 2.12. The van der Waals surface area contributed by atoms with Gasteiger partial charge in [0.1, 0.15) is 5.75 Å². The average Bonchev–Trinajstić information content (AvgIpc) is 3.55. The third kappa shape index (κ3) is 5.59. The number of amides is 1. The van der Waals surface area contributed by atoms with E-state index < -0.39 is 0 Å². The Labute approximate surface area is 207 Å². The predicted molar refractivity (Wildman–Crippen MR) is 135 cm³/mol. The molecule has 0 fully saturated rings. The second kappa shape index (κ2) is 10.3. The summed E-state index contributed by atoms with van der Waals surface area (Å²) < 4.78 is 9.09. The molecule has 0 saturated heterocycles. The van der Waals surface area contributed by atoms with Gasteiger partial charge >= 0.3 is 0 Å². The van der Waals surface area contributed by atoms with Gasteiger partial charge in [-0.15, -0.1) is 0 Å². The lowest BCUT2D eigenvalue weighted by molar-refractivity contribution is 0.101. The van der Waals surface area contributed by atoms with E-state index in [-0.39, 0.29) is 18.3 Å². The van der Waals surface area contributed by atoms with Crippen molar-refractivity contribution in [3.63, 3.8) is 0 Å². The molecule has 5 aromatic rings. The minimum atomic E-state index is -0.348. The van der Waals surface area contributed by atoms with Crippen LogP contribution in [0.2, 0.25) is 5.02 Å². The molecule has 7 nitrogen and oxygen atoms in total. The lowest BCUT2D eigenvalue weighted by atomic mass is 10.1. The van der Waals surface area contributed by atoms with Crippen LogP contribution < -0.4 is 10.1 Å². The highest BCUT2D eigenvalue weighted by atomic mass is 35.5. The van der Waals surface area contributed by atoms with Crippen molar-refractivity contribution in [1.29, 1.82) is 0 Å². The minimum Gasteiger partial charge on any atom is -0.471 e. The summed E-state index contributed by atoms with van der Waals surface area (Å²) in [6, 6.07) is 28.9. The topological polar surface area (TPSA) is 74.0 Å². The molecular weight excluding hydrogens is 462 g/mol. The lowest BCUT2D eigenvalue weighted by Gasteiger charge is -2.07. The van der Waals surface area contributed by atoms with Gasteiger partial charge in [-0.2, -0.15) is 10.2 Å². The van der Waals surface area contributed by atoms with Crippen LogP contribution in [0.25, 0.3) is 11.1 Å². The first-order chi connectivity index (χ1) is 17.1. The van der Waals surface area contributed by atoms with Crippen LogP contribution in [-0.4, -0.2) is 25.5 Å². The van der Waals surface area contributed by atoms with Crippen molar-refractivity contribution < 1.29 is 9.53 Å². The second-order valence-electron chi connectivity index (χ2n) is 7.85. The number of benzene rings is 3. The summed E-state index contributed by atoms with van der Waals surface area (Å²) in [7, 11) is 0. The van der Waals surface area contributed by atoms with Gasteiger partial charge in [0.05, 0.1) is 6.54 Å². The first-order valence-electron chi connectivity index (χ1n) is 11.0. The first kappa shape index (κ1) is 22.4. The van der Waals surface area contributed by atoms with Crippen molar-refractivity contribution in [2.45, 2.75) is 13.3 Å². The number of nitrogens with one attached hydrogen (secondary N) is 1. The first-order valence-corrected chi connectivity index (χ1v) is 11.4. The molecule has 0 radical (unpaired) electrons. The van der Waals surface area contributed by atoms with E-state index in [1.54, 1.807) is 33.9 Å². The molecule has 3 aromatic carbocycles. The summed E-state index contributed by atoms with van der Waals surface area (Å²) in [5.74, 6) is 0.806. The van der Waals surface area contributed by atoms with Crippen LogP contribution in [0.15, 0.2) is 103 Å². The fourth-order valence-electron chi connectivity index (χ4n) is 3.57. The Morgan fingerprint density at radius 2 is 1.51 bits per heavy atom. The van der Waals surface area contributed by atoms with Gasteiger partial charge in [0, 0.05) is 23.5 Å². The van der Waals surface area contributed by atoms with Crippen molar-refractivity contribution in [1.82, 2.24) is 19.6 Å². The average molecular weight is 484 g/mol. The zero-order valence-electron chi connectivity index (χ0n) is 18.7. The molecule has 0 atom stereocenters. The number of rotatable bonds is 8. The summed E-state index contributed by atoms with van der Waals surface area (Å²) in [5, 5.41) is 12.1. The molecule has 8 heteroatoms. The zero-order valence-corrected chi connectivity index (χ0v) is 19.5. The monoisotopic (exact) mass is 483 g/mol. The summed E-state index contributed by atoms with van der Waals surface area (Å²) in [6.45, 7) is 0.693. The Hall–Kier alpha value is -4.36. The molecule has 35 heavy (non-hydrogen) atoms. The molecule has 1 amide bonds. The van der Waals surface area contributed by atoms with E-state index in [1.807, 2.05) is 66.7 Å². The van der Waals surface area contributed by atoms with Crippen molar-refractivity contribution in [2.24, 2.45) is 0 Å². The molecule has 0 aliphatic heterocycles. The van der Waals surface area contributed by atoms with Crippen LogP contribution in [0, 0.1) is 0 Å². The number of anilines is 1. The zero-order chi connectivity index (χ0) is 24.0. The number of hydrogen-bond donors (Lipinski definition) is 1. The van der Waals surface area contributed by atoms with E-state index >= 15 is 0 Å². The molecule has 0 aliphatic rings. The maximum atomic E-state index is 12.6. The highest BCUT2D eigenvalue weighted by molar-refractivity contribution is 6.31. The van der Waals surface area contributed by atoms with Gasteiger partial charge in [-0.05, 0) is 41.0 Å². The molecule has 2 heterocycles. The molecular formula is C27H22ClN5O2. The number of hydrogen-bond acceptors (Lipinski definition) is 4. The molecule has 1 N–H and O–H groups in total. The van der Waals surface area contributed by atoms with Crippen LogP contribution in [-0.2, 0) is 13.3 Å². The van der Waals surface area contributed by atoms with Crippen molar-refractivity contribution in [3.05, 3.63) is 120 Å². The van der Waals surface area contributed by atoms with Crippen LogP contribution in [0.4, 0.5) is 5.82 Å². The number of aromatic nitrogens is 4. The highest BCUT2D eigenvalue weighted by Crippen LogP contribution is 2.22. The fourth-order valence-corrected chi connectivity index (χ4v) is 3.76. The largest absolute Gasteiger partial charge is 0.471 e. The Morgan fingerprint density at radius 3 is 2.31 bits per heavy atom. The van der Waals surface area contributed by atoms with Crippen molar-refractivity contribution in [2.75, 3.05) is 5.32 Å². The van der Waals surface area contributed by atoms with E-state index in [4.69, 9.17) is 16.3 Å². The molecule has 5 rings (SSSR count). The number of carbonyl (C=O) groups excluding carboxylic acids is 1. The Bertz CT molecular complexity index is 1430. The van der Waals surface area contributed by atoms with Crippen LogP contribution in [0.3, 0.4) is 0 Å². The summed E-state index contributed by atoms with van der Waals surface area (Å²) in [4.78, 5) is 12.6. The van der Waals surface area contributed by atoms with Gasteiger partial charge in [0.25, 0.3) is 5.91 Å². The maximum absolute atomic E-state index is 12.6. The summed E-state index contributed by atoms with van der Waals surface area (Å²) in [5.41, 5.74) is 3.48. The maximum Gasteiger partial charge on any atom is 0.277 e. The van der Waals surface area contributed by atoms with E-state index in [0.29, 0.717) is 17.4 Å². The molecule has 0 saturated carbocycles. The van der Waals surface area contributed by atoms with Gasteiger partial charge in [-0.3, -0.25) is 9.48 Å². The van der Waals surface area contributed by atoms with E-state index in [0.717, 1.165) is 22.4 Å². The molecule has 0 aliphatic carbocycles. The molecule has 0 unspecified atom stereocenters. The number of nitrogens with zero attached hydrogens (tertiary/aromatic N) is 4. The van der Waals surface area contributed by atoms with E-state index in [9.17, 15) is 4.79 Å². The minimum absolute atomic E-state index is 0.185. The smallest absolute Gasteiger partial charge is 0.277 e. The fraction of sp³-hybridized carbons (Fsp3) is 0.0741. The second-order valence-corrected chi connectivity index (χ2v) is 8.26. The van der Waals surface area contributed by atoms with Gasteiger partial charge in [-0.25, -0.2) is 4.68 Å². The van der Waals surface area contributed by atoms with Crippen molar-refractivity contribution in [3.8, 4) is 16.9 Å². The third-order valence-corrected chi connectivity index (χ3v) is 5.74. The van der Waals surface area contributed by atoms with Crippen LogP contribution in [0.1, 0.15) is 16.1 Å². The Balaban J connectivity index is 1.15. The van der Waals surface area contributed by atoms with Gasteiger partial charge in [0.2, 0.25) is 0 Å². The number of ether oxygens (including phenoxy) is 1. The van der Waals surface area contributed by atoms with Crippen LogP contribution in [0.5, 0.6) is 5.75 Å². The normalized spacial score (nSPS) is 10.8. The quantitative estimate of drug-likeness (QED) is 0.305.